The van der Waals surface area contributed by atoms with E-state index in [4.69, 9.17) is 9.05 Å². The molecule has 0 radical (unpaired) electrons. The second-order valence-corrected chi connectivity index (χ2v) is 7.44. The van der Waals surface area contributed by atoms with Gasteiger partial charge < -0.3 is 14.8 Å². The Bertz CT molecular complexity index is 400. The molecule has 0 amide bonds. The van der Waals surface area contributed by atoms with E-state index in [2.05, 4.69) is 21.7 Å². The molecule has 0 bridgehead atoms. The highest BCUT2D eigenvalue weighted by Gasteiger charge is 2.34. The Balaban J connectivity index is 2.94. The SMILES string of the molecule is CCOP(=O)(OCC)C(Br)c1ccc(C[NH3+])cc1. The van der Waals surface area contributed by atoms with Crippen molar-refractivity contribution in [1.29, 1.82) is 0 Å². The van der Waals surface area contributed by atoms with Gasteiger partial charge in [0.25, 0.3) is 0 Å². The number of alkyl halides is 1. The molecule has 18 heavy (non-hydrogen) atoms. The largest absolute Gasteiger partial charge is 0.354 e. The van der Waals surface area contributed by atoms with Gasteiger partial charge in [-0.05, 0) is 19.4 Å². The maximum absolute atomic E-state index is 12.6. The summed E-state index contributed by atoms with van der Waals surface area (Å²) < 4.78 is 22.8. The van der Waals surface area contributed by atoms with Crippen molar-refractivity contribution >= 4 is 23.5 Å². The van der Waals surface area contributed by atoms with E-state index >= 15 is 0 Å². The third-order valence-electron chi connectivity index (χ3n) is 2.44. The molecule has 0 saturated heterocycles. The molecular weight excluding hydrogens is 317 g/mol. The van der Waals surface area contributed by atoms with Gasteiger partial charge in [-0.1, -0.05) is 40.2 Å². The molecule has 0 aromatic heterocycles. The Morgan fingerprint density at radius 1 is 1.22 bits per heavy atom. The standard InChI is InChI=1S/C12H19BrNO3P/c1-3-16-18(15,17-4-2)12(13)11-7-5-10(9-14)6-8-11/h5-8,12H,3-4,9,14H2,1-2H3/p+1. The molecule has 0 heterocycles. The van der Waals surface area contributed by atoms with Crippen LogP contribution in [0, 0.1) is 0 Å². The number of quaternary nitrogens is 1. The topological polar surface area (TPSA) is 63.2 Å². The zero-order valence-corrected chi connectivity index (χ0v) is 13.2. The minimum absolute atomic E-state index is 0.357. The van der Waals surface area contributed by atoms with Crippen LogP contribution in [-0.2, 0) is 20.2 Å². The van der Waals surface area contributed by atoms with Gasteiger partial charge in [0.1, 0.15) is 4.57 Å². The van der Waals surface area contributed by atoms with Crippen LogP contribution in [0.4, 0.5) is 0 Å². The van der Waals surface area contributed by atoms with E-state index in [-0.39, 0.29) is 0 Å². The number of benzene rings is 1. The highest BCUT2D eigenvalue weighted by Crippen LogP contribution is 2.63. The molecule has 0 saturated carbocycles. The van der Waals surface area contributed by atoms with Crippen LogP contribution < -0.4 is 5.73 Å². The zero-order valence-electron chi connectivity index (χ0n) is 10.8. The van der Waals surface area contributed by atoms with Crippen LogP contribution in [0.15, 0.2) is 24.3 Å². The van der Waals surface area contributed by atoms with Crippen LogP contribution in [0.2, 0.25) is 0 Å². The van der Waals surface area contributed by atoms with Gasteiger partial charge in [-0.3, -0.25) is 4.57 Å². The first kappa shape index (κ1) is 15.9. The number of halogens is 1. The van der Waals surface area contributed by atoms with Crippen molar-refractivity contribution in [3.05, 3.63) is 35.4 Å². The van der Waals surface area contributed by atoms with E-state index < -0.39 is 12.2 Å². The molecule has 1 aromatic carbocycles. The molecule has 0 aliphatic rings. The van der Waals surface area contributed by atoms with Crippen molar-refractivity contribution in [3.8, 4) is 0 Å². The molecule has 0 aliphatic carbocycles. The summed E-state index contributed by atoms with van der Waals surface area (Å²) in [5, 5.41) is 0. The summed E-state index contributed by atoms with van der Waals surface area (Å²) in [6.07, 6.45) is 0. The van der Waals surface area contributed by atoms with Crippen molar-refractivity contribution in [2.45, 2.75) is 25.0 Å². The van der Waals surface area contributed by atoms with Gasteiger partial charge >= 0.3 is 7.60 Å². The fourth-order valence-electron chi connectivity index (χ4n) is 1.55. The zero-order chi connectivity index (χ0) is 13.6. The normalized spacial score (nSPS) is 13.6. The molecule has 6 heteroatoms. The lowest BCUT2D eigenvalue weighted by Crippen LogP contribution is -2.47. The molecule has 1 atom stereocenters. The summed E-state index contributed by atoms with van der Waals surface area (Å²) in [6.45, 7) is 5.06. The maximum atomic E-state index is 12.6. The van der Waals surface area contributed by atoms with Gasteiger partial charge in [-0.15, -0.1) is 0 Å². The predicted octanol–water partition coefficient (Wildman–Crippen LogP) is 3.09. The summed E-state index contributed by atoms with van der Waals surface area (Å²) in [5.74, 6) is 0. The lowest BCUT2D eigenvalue weighted by molar-refractivity contribution is -0.386. The lowest BCUT2D eigenvalue weighted by atomic mass is 10.1. The monoisotopic (exact) mass is 336 g/mol. The molecule has 3 N–H and O–H groups in total. The van der Waals surface area contributed by atoms with Crippen molar-refractivity contribution < 1.29 is 19.3 Å². The third kappa shape index (κ3) is 3.90. The Labute approximate surface area is 117 Å². The van der Waals surface area contributed by atoms with Gasteiger partial charge in [-0.2, -0.15) is 0 Å². The molecule has 102 valence electrons. The summed E-state index contributed by atoms with van der Waals surface area (Å²) in [7, 11) is -3.15. The summed E-state index contributed by atoms with van der Waals surface area (Å²) in [4.78, 5) is 0. The van der Waals surface area contributed by atoms with Crippen molar-refractivity contribution in [2.24, 2.45) is 0 Å². The minimum Gasteiger partial charge on any atom is -0.354 e. The first-order valence-corrected chi connectivity index (χ1v) is 8.51. The highest BCUT2D eigenvalue weighted by atomic mass is 79.9. The first-order valence-electron chi connectivity index (χ1n) is 5.98. The molecule has 0 spiro atoms. The van der Waals surface area contributed by atoms with Crippen molar-refractivity contribution in [1.82, 2.24) is 0 Å². The summed E-state index contributed by atoms with van der Waals surface area (Å²) in [5.41, 5.74) is 5.85. The van der Waals surface area contributed by atoms with E-state index in [1.165, 1.54) is 0 Å². The second kappa shape index (κ2) is 7.41. The highest BCUT2D eigenvalue weighted by molar-refractivity contribution is 9.10. The molecule has 1 rings (SSSR count). The lowest BCUT2D eigenvalue weighted by Gasteiger charge is -2.22. The fraction of sp³-hybridized carbons (Fsp3) is 0.500. The number of rotatable bonds is 7. The van der Waals surface area contributed by atoms with Crippen LogP contribution in [-0.4, -0.2) is 13.2 Å². The van der Waals surface area contributed by atoms with Crippen molar-refractivity contribution in [3.63, 3.8) is 0 Å². The molecule has 4 nitrogen and oxygen atoms in total. The quantitative estimate of drug-likeness (QED) is 0.614. The maximum Gasteiger partial charge on any atom is 0.348 e. The molecule has 0 aliphatic heterocycles. The van der Waals surface area contributed by atoms with Crippen LogP contribution >= 0.6 is 23.5 Å². The molecule has 1 aromatic rings. The van der Waals surface area contributed by atoms with Gasteiger partial charge in [0.05, 0.1) is 19.8 Å². The van der Waals surface area contributed by atoms with Crippen LogP contribution in [0.5, 0.6) is 0 Å². The summed E-state index contributed by atoms with van der Waals surface area (Å²) >= 11 is 3.43. The minimum atomic E-state index is -3.15. The molecular formula is C12H20BrNO3P+. The van der Waals surface area contributed by atoms with Gasteiger partial charge in [0.15, 0.2) is 0 Å². The van der Waals surface area contributed by atoms with Crippen LogP contribution in [0.3, 0.4) is 0 Å². The number of hydrogen-bond donors (Lipinski definition) is 1. The van der Waals surface area contributed by atoms with Gasteiger partial charge in [-0.25, -0.2) is 0 Å². The van der Waals surface area contributed by atoms with Gasteiger partial charge in [0.2, 0.25) is 0 Å². The van der Waals surface area contributed by atoms with E-state index in [1.807, 2.05) is 24.3 Å². The van der Waals surface area contributed by atoms with E-state index in [9.17, 15) is 4.57 Å². The van der Waals surface area contributed by atoms with E-state index in [0.29, 0.717) is 13.2 Å². The smallest absolute Gasteiger partial charge is 0.348 e. The first-order chi connectivity index (χ1) is 8.57. The Hall–Kier alpha value is -0.190. The fourth-order valence-corrected chi connectivity index (χ4v) is 4.16. The van der Waals surface area contributed by atoms with E-state index in [1.54, 1.807) is 13.8 Å². The van der Waals surface area contributed by atoms with Gasteiger partial charge in [0, 0.05) is 5.56 Å². The Morgan fingerprint density at radius 3 is 2.11 bits per heavy atom. The van der Waals surface area contributed by atoms with Crippen LogP contribution in [0.25, 0.3) is 0 Å². The average molecular weight is 337 g/mol. The Morgan fingerprint density at radius 2 is 1.72 bits per heavy atom. The Kier molecular flexibility index (Phi) is 6.53. The molecule has 1 unspecified atom stereocenters. The van der Waals surface area contributed by atoms with Crippen molar-refractivity contribution in [2.75, 3.05) is 13.2 Å². The average Bonchev–Trinajstić information content (AvgIpc) is 2.38. The second-order valence-electron chi connectivity index (χ2n) is 3.70. The summed E-state index contributed by atoms with van der Waals surface area (Å²) in [6, 6.07) is 7.78. The molecule has 0 fully saturated rings. The third-order valence-corrected chi connectivity index (χ3v) is 6.56. The van der Waals surface area contributed by atoms with E-state index in [0.717, 1.165) is 17.7 Å². The van der Waals surface area contributed by atoms with Crippen LogP contribution in [0.1, 0.15) is 29.5 Å². The predicted molar refractivity (Wildman–Crippen MR) is 75.6 cm³/mol. The number of hydrogen-bond acceptors (Lipinski definition) is 3.